The number of hydrogen-bond acceptors (Lipinski definition) is 4. The van der Waals surface area contributed by atoms with Gasteiger partial charge in [0.15, 0.2) is 5.76 Å². The number of carbonyl (C=O) groups excluding carboxylic acids is 1. The number of halogens is 2. The summed E-state index contributed by atoms with van der Waals surface area (Å²) in [5, 5.41) is 9.02. The molecular weight excluding hydrogens is 292 g/mol. The van der Waals surface area contributed by atoms with Gasteiger partial charge in [-0.3, -0.25) is 4.79 Å². The predicted octanol–water partition coefficient (Wildman–Crippen LogP) is 2.42. The number of nitrogens with zero attached hydrogens (tertiary/aromatic N) is 1. The Kier molecular flexibility index (Phi) is 4.64. The van der Waals surface area contributed by atoms with Crippen LogP contribution in [0.2, 0.25) is 0 Å². The first-order valence-corrected chi connectivity index (χ1v) is 7.06. The van der Waals surface area contributed by atoms with Crippen molar-refractivity contribution in [2.75, 3.05) is 6.54 Å². The van der Waals surface area contributed by atoms with Gasteiger partial charge in [0.25, 0.3) is 11.7 Å². The molecule has 2 rings (SSSR count). The summed E-state index contributed by atoms with van der Waals surface area (Å²) in [6.45, 7) is 0.359. The molecule has 1 saturated heterocycles. The molecule has 110 valence electrons. The number of aliphatic carboxylic acids is 1. The van der Waals surface area contributed by atoms with Crippen LogP contribution in [0.3, 0.4) is 0 Å². The lowest BCUT2D eigenvalue weighted by atomic mass is 10.2. The number of thioether (sulfide) groups is 1. The van der Waals surface area contributed by atoms with Gasteiger partial charge in [0.1, 0.15) is 11.8 Å². The molecule has 1 aromatic heterocycles. The summed E-state index contributed by atoms with van der Waals surface area (Å²) in [7, 11) is 0. The van der Waals surface area contributed by atoms with E-state index in [1.54, 1.807) is 0 Å². The zero-order valence-corrected chi connectivity index (χ0v) is 11.2. The van der Waals surface area contributed by atoms with Crippen molar-refractivity contribution in [3.63, 3.8) is 0 Å². The first-order chi connectivity index (χ1) is 9.49. The quantitative estimate of drug-likeness (QED) is 0.904. The summed E-state index contributed by atoms with van der Waals surface area (Å²) in [6.07, 6.45) is 1.04. The Morgan fingerprint density at radius 3 is 2.90 bits per heavy atom. The van der Waals surface area contributed by atoms with E-state index >= 15 is 0 Å². The molecule has 1 aliphatic heterocycles. The highest BCUT2D eigenvalue weighted by atomic mass is 32.2. The van der Waals surface area contributed by atoms with Crippen LogP contribution in [0.1, 0.15) is 29.2 Å². The van der Waals surface area contributed by atoms with Crippen LogP contribution in [0, 0.1) is 0 Å². The van der Waals surface area contributed by atoms with Crippen molar-refractivity contribution in [1.29, 1.82) is 0 Å². The predicted molar refractivity (Wildman–Crippen MR) is 67.7 cm³/mol. The number of rotatable bonds is 5. The monoisotopic (exact) mass is 305 g/mol. The minimum atomic E-state index is -2.51. The molecule has 20 heavy (non-hydrogen) atoms. The number of likely N-dealkylation sites (tertiary alicyclic amines) is 1. The normalized spacial score (nSPS) is 18.8. The number of carboxylic acid groups (broad SMARTS) is 1. The van der Waals surface area contributed by atoms with Gasteiger partial charge in [-0.15, -0.1) is 0 Å². The average molecular weight is 305 g/mol. The Morgan fingerprint density at radius 1 is 1.50 bits per heavy atom. The molecule has 1 fully saturated rings. The van der Waals surface area contributed by atoms with Crippen LogP contribution in [0.5, 0.6) is 0 Å². The minimum Gasteiger partial charge on any atom is -0.480 e. The lowest BCUT2D eigenvalue weighted by Crippen LogP contribution is -2.40. The standard InChI is InChI=1S/C12H13F2NO4S/c13-12(14)20-6-7-3-4-9(19-7)10(16)15-5-1-2-8(15)11(17)18/h3-4,8,12H,1-2,5-6H2,(H,17,18). The second-order valence-electron chi connectivity index (χ2n) is 4.33. The SMILES string of the molecule is O=C(O)C1CCCN1C(=O)c1ccc(CSC(F)F)o1. The number of alkyl halides is 2. The summed E-state index contributed by atoms with van der Waals surface area (Å²) < 4.78 is 29.3. The third-order valence-corrected chi connectivity index (χ3v) is 3.73. The lowest BCUT2D eigenvalue weighted by molar-refractivity contribution is -0.141. The first kappa shape index (κ1) is 14.8. The molecule has 0 aromatic carbocycles. The van der Waals surface area contributed by atoms with Gasteiger partial charge in [0.2, 0.25) is 0 Å². The van der Waals surface area contributed by atoms with Gasteiger partial charge in [-0.05, 0) is 25.0 Å². The van der Waals surface area contributed by atoms with E-state index in [2.05, 4.69) is 0 Å². The van der Waals surface area contributed by atoms with Gasteiger partial charge < -0.3 is 14.4 Å². The zero-order chi connectivity index (χ0) is 14.7. The smallest absolute Gasteiger partial charge is 0.326 e. The van der Waals surface area contributed by atoms with Gasteiger partial charge in [-0.1, -0.05) is 11.8 Å². The van der Waals surface area contributed by atoms with Crippen LogP contribution in [0.4, 0.5) is 8.78 Å². The Labute approximate surface area is 117 Å². The summed E-state index contributed by atoms with van der Waals surface area (Å²) in [5.41, 5.74) is 0. The molecule has 0 aliphatic carbocycles. The van der Waals surface area contributed by atoms with Crippen molar-refractivity contribution in [2.45, 2.75) is 30.4 Å². The lowest BCUT2D eigenvalue weighted by Gasteiger charge is -2.19. The van der Waals surface area contributed by atoms with Crippen LogP contribution in [0.15, 0.2) is 16.5 Å². The second-order valence-corrected chi connectivity index (χ2v) is 5.31. The van der Waals surface area contributed by atoms with Gasteiger partial charge >= 0.3 is 5.97 Å². The van der Waals surface area contributed by atoms with E-state index in [4.69, 9.17) is 9.52 Å². The van der Waals surface area contributed by atoms with Crippen LogP contribution in [0.25, 0.3) is 0 Å². The molecule has 1 unspecified atom stereocenters. The fourth-order valence-electron chi connectivity index (χ4n) is 2.12. The van der Waals surface area contributed by atoms with Crippen molar-refractivity contribution in [2.24, 2.45) is 0 Å². The molecule has 0 radical (unpaired) electrons. The summed E-state index contributed by atoms with van der Waals surface area (Å²) in [6, 6.07) is 2.00. The summed E-state index contributed by atoms with van der Waals surface area (Å²) >= 11 is 0.401. The molecule has 5 nitrogen and oxygen atoms in total. The molecule has 1 aromatic rings. The van der Waals surface area contributed by atoms with E-state index in [0.717, 1.165) is 0 Å². The third-order valence-electron chi connectivity index (χ3n) is 3.02. The van der Waals surface area contributed by atoms with Gasteiger partial charge in [-0.25, -0.2) is 4.79 Å². The van der Waals surface area contributed by atoms with Crippen molar-refractivity contribution in [3.05, 3.63) is 23.7 Å². The Morgan fingerprint density at radius 2 is 2.25 bits per heavy atom. The van der Waals surface area contributed by atoms with Crippen LogP contribution in [-0.2, 0) is 10.5 Å². The number of amides is 1. The second kappa shape index (κ2) is 6.25. The van der Waals surface area contributed by atoms with E-state index in [0.29, 0.717) is 31.1 Å². The van der Waals surface area contributed by atoms with Crippen molar-refractivity contribution >= 4 is 23.6 Å². The molecule has 8 heteroatoms. The van der Waals surface area contributed by atoms with Crippen LogP contribution >= 0.6 is 11.8 Å². The molecular formula is C12H13F2NO4S. The average Bonchev–Trinajstić information content (AvgIpc) is 3.04. The largest absolute Gasteiger partial charge is 0.480 e. The maximum atomic E-state index is 12.1. The maximum Gasteiger partial charge on any atom is 0.326 e. The topological polar surface area (TPSA) is 70.8 Å². The summed E-state index contributed by atoms with van der Waals surface area (Å²) in [5.74, 6) is -3.84. The van der Waals surface area contributed by atoms with Gasteiger partial charge in [0, 0.05) is 6.54 Å². The van der Waals surface area contributed by atoms with E-state index < -0.39 is 23.7 Å². The Bertz CT molecular complexity index is 505. The molecule has 2 heterocycles. The molecule has 1 aliphatic rings. The van der Waals surface area contributed by atoms with E-state index in [1.807, 2.05) is 0 Å². The third kappa shape index (κ3) is 3.30. The number of carbonyl (C=O) groups is 2. The number of furan rings is 1. The van der Waals surface area contributed by atoms with Crippen molar-refractivity contribution in [3.8, 4) is 0 Å². The number of carboxylic acids is 1. The molecule has 1 atom stereocenters. The summed E-state index contributed by atoms with van der Waals surface area (Å²) in [4.78, 5) is 24.4. The number of hydrogen-bond donors (Lipinski definition) is 1. The molecule has 0 saturated carbocycles. The molecule has 1 amide bonds. The Balaban J connectivity index is 2.04. The zero-order valence-electron chi connectivity index (χ0n) is 10.4. The highest BCUT2D eigenvalue weighted by molar-refractivity contribution is 7.98. The fraction of sp³-hybridized carbons (Fsp3) is 0.500. The van der Waals surface area contributed by atoms with Crippen LogP contribution < -0.4 is 0 Å². The first-order valence-electron chi connectivity index (χ1n) is 6.01. The van der Waals surface area contributed by atoms with Crippen molar-refractivity contribution < 1.29 is 27.9 Å². The highest BCUT2D eigenvalue weighted by Gasteiger charge is 2.35. The van der Waals surface area contributed by atoms with Gasteiger partial charge in [-0.2, -0.15) is 8.78 Å². The van der Waals surface area contributed by atoms with E-state index in [9.17, 15) is 18.4 Å². The molecule has 0 bridgehead atoms. The maximum absolute atomic E-state index is 12.1. The van der Waals surface area contributed by atoms with E-state index in [1.165, 1.54) is 17.0 Å². The minimum absolute atomic E-state index is 0.0111. The fourth-order valence-corrected chi connectivity index (χ4v) is 2.57. The molecule has 0 spiro atoms. The van der Waals surface area contributed by atoms with Gasteiger partial charge in [0.05, 0.1) is 5.75 Å². The highest BCUT2D eigenvalue weighted by Crippen LogP contribution is 2.24. The van der Waals surface area contributed by atoms with Crippen molar-refractivity contribution in [1.82, 2.24) is 4.90 Å². The van der Waals surface area contributed by atoms with Crippen LogP contribution in [-0.4, -0.2) is 40.2 Å². The Hall–Kier alpha value is -1.57. The van der Waals surface area contributed by atoms with E-state index in [-0.39, 0.29) is 17.3 Å². The molecule has 1 N–H and O–H groups in total.